The highest BCUT2D eigenvalue weighted by molar-refractivity contribution is 5.79. The number of rotatable bonds is 3. The van der Waals surface area contributed by atoms with E-state index < -0.39 is 0 Å². The monoisotopic (exact) mass is 180 g/mol. The lowest BCUT2D eigenvalue weighted by Gasteiger charge is -2.36. The largest absolute Gasteiger partial charge is 0.343 e. The number of carbonyl (C=O) groups is 1. The van der Waals surface area contributed by atoms with Crippen molar-refractivity contribution in [3.8, 4) is 6.07 Å². The Bertz CT molecular complexity index is 224. The van der Waals surface area contributed by atoms with Crippen LogP contribution in [0.1, 0.15) is 26.7 Å². The molecule has 0 radical (unpaired) electrons. The number of nitriles is 1. The molecule has 13 heavy (non-hydrogen) atoms. The van der Waals surface area contributed by atoms with Gasteiger partial charge >= 0.3 is 0 Å². The number of carbonyl (C=O) groups excluding carboxylic acids is 1. The van der Waals surface area contributed by atoms with Gasteiger partial charge < -0.3 is 5.32 Å². The zero-order chi connectivity index (χ0) is 9.84. The van der Waals surface area contributed by atoms with Gasteiger partial charge in [0, 0.05) is 5.92 Å². The normalized spacial score (nSPS) is 26.3. The molecule has 3 heteroatoms. The molecule has 0 unspecified atom stereocenters. The third-order valence-electron chi connectivity index (χ3n) is 2.83. The van der Waals surface area contributed by atoms with Gasteiger partial charge in [-0.15, -0.1) is 0 Å². The van der Waals surface area contributed by atoms with Crippen LogP contribution in [0.2, 0.25) is 0 Å². The van der Waals surface area contributed by atoms with E-state index in [0.29, 0.717) is 11.8 Å². The van der Waals surface area contributed by atoms with E-state index in [0.717, 1.165) is 12.8 Å². The molecule has 1 amide bonds. The Hall–Kier alpha value is -1.04. The summed E-state index contributed by atoms with van der Waals surface area (Å²) in [5, 5.41) is 10.9. The van der Waals surface area contributed by atoms with Crippen LogP contribution in [0.15, 0.2) is 0 Å². The van der Waals surface area contributed by atoms with Crippen molar-refractivity contribution in [3.05, 3.63) is 0 Å². The standard InChI is InChI=1S/C10H16N2O/c1-7(2)8-5-9(6-8)10(13)12-4-3-11/h7-9H,4-6H2,1-2H3,(H,12,13). The minimum absolute atomic E-state index is 0.0541. The molecule has 1 aliphatic carbocycles. The smallest absolute Gasteiger partial charge is 0.223 e. The lowest BCUT2D eigenvalue weighted by atomic mass is 9.69. The van der Waals surface area contributed by atoms with Crippen molar-refractivity contribution in [2.24, 2.45) is 17.8 Å². The lowest BCUT2D eigenvalue weighted by Crippen LogP contribution is -2.40. The first-order chi connectivity index (χ1) is 6.15. The summed E-state index contributed by atoms with van der Waals surface area (Å²) in [5.41, 5.74) is 0. The fourth-order valence-corrected chi connectivity index (χ4v) is 1.69. The second-order valence-corrected chi connectivity index (χ2v) is 4.05. The molecule has 0 aromatic heterocycles. The van der Waals surface area contributed by atoms with E-state index in [-0.39, 0.29) is 18.4 Å². The minimum atomic E-state index is 0.0541. The van der Waals surface area contributed by atoms with Crippen LogP contribution in [-0.4, -0.2) is 12.5 Å². The Morgan fingerprint density at radius 1 is 1.62 bits per heavy atom. The van der Waals surface area contributed by atoms with Gasteiger partial charge in [0.2, 0.25) is 5.91 Å². The van der Waals surface area contributed by atoms with Gasteiger partial charge in [0.1, 0.15) is 6.54 Å². The third kappa shape index (κ3) is 2.45. The highest BCUT2D eigenvalue weighted by atomic mass is 16.1. The molecule has 1 fully saturated rings. The van der Waals surface area contributed by atoms with Gasteiger partial charge in [0.25, 0.3) is 0 Å². The van der Waals surface area contributed by atoms with Crippen LogP contribution >= 0.6 is 0 Å². The molecule has 1 aliphatic rings. The first-order valence-corrected chi connectivity index (χ1v) is 4.79. The van der Waals surface area contributed by atoms with Gasteiger partial charge in [-0.25, -0.2) is 0 Å². The second-order valence-electron chi connectivity index (χ2n) is 4.05. The molecule has 1 rings (SSSR count). The summed E-state index contributed by atoms with van der Waals surface area (Å²) >= 11 is 0. The van der Waals surface area contributed by atoms with Crippen LogP contribution in [0.3, 0.4) is 0 Å². The van der Waals surface area contributed by atoms with E-state index in [4.69, 9.17) is 5.26 Å². The van der Waals surface area contributed by atoms with Crippen molar-refractivity contribution in [1.29, 1.82) is 5.26 Å². The van der Waals surface area contributed by atoms with Gasteiger partial charge in [-0.1, -0.05) is 13.8 Å². The van der Waals surface area contributed by atoms with E-state index in [1.807, 2.05) is 6.07 Å². The first-order valence-electron chi connectivity index (χ1n) is 4.79. The van der Waals surface area contributed by atoms with Crippen molar-refractivity contribution in [2.45, 2.75) is 26.7 Å². The third-order valence-corrected chi connectivity index (χ3v) is 2.83. The fourth-order valence-electron chi connectivity index (χ4n) is 1.69. The molecule has 0 aromatic carbocycles. The van der Waals surface area contributed by atoms with Gasteiger partial charge in [-0.3, -0.25) is 4.79 Å². The number of hydrogen-bond donors (Lipinski definition) is 1. The van der Waals surface area contributed by atoms with Gasteiger partial charge in [-0.2, -0.15) is 5.26 Å². The molecule has 0 bridgehead atoms. The molecule has 0 atom stereocenters. The summed E-state index contributed by atoms with van der Waals surface area (Å²) in [6.07, 6.45) is 1.99. The molecule has 72 valence electrons. The van der Waals surface area contributed by atoms with Gasteiger partial charge in [0.05, 0.1) is 6.07 Å². The maximum atomic E-state index is 11.3. The molecule has 0 aromatic rings. The van der Waals surface area contributed by atoms with Crippen LogP contribution in [-0.2, 0) is 4.79 Å². The Balaban J connectivity index is 2.20. The molecule has 0 spiro atoms. The molecular formula is C10H16N2O. The summed E-state index contributed by atoms with van der Waals surface area (Å²) in [6, 6.07) is 1.90. The molecule has 0 aliphatic heterocycles. The van der Waals surface area contributed by atoms with Gasteiger partial charge in [0.15, 0.2) is 0 Å². The highest BCUT2D eigenvalue weighted by Gasteiger charge is 2.35. The Morgan fingerprint density at radius 2 is 2.23 bits per heavy atom. The molecule has 0 saturated heterocycles. The quantitative estimate of drug-likeness (QED) is 0.666. The number of hydrogen-bond acceptors (Lipinski definition) is 2. The average Bonchev–Trinajstić information content (AvgIpc) is 1.97. The topological polar surface area (TPSA) is 52.9 Å². The second kappa shape index (κ2) is 4.27. The summed E-state index contributed by atoms with van der Waals surface area (Å²) in [6.45, 7) is 4.52. The highest BCUT2D eigenvalue weighted by Crippen LogP contribution is 2.38. The fraction of sp³-hybridized carbons (Fsp3) is 0.800. The van der Waals surface area contributed by atoms with E-state index >= 15 is 0 Å². The number of nitrogens with zero attached hydrogens (tertiary/aromatic N) is 1. The molecule has 1 N–H and O–H groups in total. The van der Waals surface area contributed by atoms with Gasteiger partial charge in [-0.05, 0) is 24.7 Å². The molecule has 0 heterocycles. The van der Waals surface area contributed by atoms with Crippen LogP contribution in [0.5, 0.6) is 0 Å². The summed E-state index contributed by atoms with van der Waals surface area (Å²) in [4.78, 5) is 11.3. The van der Waals surface area contributed by atoms with Crippen molar-refractivity contribution < 1.29 is 4.79 Å². The van der Waals surface area contributed by atoms with Crippen molar-refractivity contribution in [1.82, 2.24) is 5.32 Å². The Kier molecular flexibility index (Phi) is 3.30. The maximum Gasteiger partial charge on any atom is 0.223 e. The van der Waals surface area contributed by atoms with E-state index in [2.05, 4.69) is 19.2 Å². The van der Waals surface area contributed by atoms with E-state index in [1.54, 1.807) is 0 Å². The summed E-state index contributed by atoms with van der Waals surface area (Å²) in [7, 11) is 0. The predicted octanol–water partition coefficient (Wildman–Crippen LogP) is 1.31. The van der Waals surface area contributed by atoms with Crippen molar-refractivity contribution in [3.63, 3.8) is 0 Å². The van der Waals surface area contributed by atoms with Crippen LogP contribution in [0.4, 0.5) is 0 Å². The van der Waals surface area contributed by atoms with Crippen LogP contribution in [0.25, 0.3) is 0 Å². The van der Waals surface area contributed by atoms with E-state index in [9.17, 15) is 4.79 Å². The minimum Gasteiger partial charge on any atom is -0.343 e. The summed E-state index contributed by atoms with van der Waals surface area (Å²) in [5.74, 6) is 1.61. The predicted molar refractivity (Wildman–Crippen MR) is 49.7 cm³/mol. The lowest BCUT2D eigenvalue weighted by molar-refractivity contribution is -0.129. The Morgan fingerprint density at radius 3 is 2.69 bits per heavy atom. The van der Waals surface area contributed by atoms with Crippen molar-refractivity contribution >= 4 is 5.91 Å². The molecule has 3 nitrogen and oxygen atoms in total. The molecular weight excluding hydrogens is 164 g/mol. The maximum absolute atomic E-state index is 11.3. The zero-order valence-electron chi connectivity index (χ0n) is 8.21. The molecule has 1 saturated carbocycles. The SMILES string of the molecule is CC(C)C1CC(C(=O)NCC#N)C1. The van der Waals surface area contributed by atoms with Crippen LogP contribution < -0.4 is 5.32 Å². The average molecular weight is 180 g/mol. The number of amides is 1. The zero-order valence-corrected chi connectivity index (χ0v) is 8.21. The summed E-state index contributed by atoms with van der Waals surface area (Å²) < 4.78 is 0. The first kappa shape index (κ1) is 10.0. The Labute approximate surface area is 79.1 Å². The number of nitrogens with one attached hydrogen (secondary N) is 1. The van der Waals surface area contributed by atoms with E-state index in [1.165, 1.54) is 0 Å². The van der Waals surface area contributed by atoms with Crippen LogP contribution in [0, 0.1) is 29.1 Å². The van der Waals surface area contributed by atoms with Crippen molar-refractivity contribution in [2.75, 3.05) is 6.54 Å².